The van der Waals surface area contributed by atoms with Crippen molar-refractivity contribution in [3.05, 3.63) is 52.8 Å². The summed E-state index contributed by atoms with van der Waals surface area (Å²) in [5, 5.41) is 7.64. The number of carbonyl (C=O) groups excluding carboxylic acids is 1. The van der Waals surface area contributed by atoms with Gasteiger partial charge in [-0.2, -0.15) is 5.10 Å². The number of aromatic nitrogens is 1. The summed E-state index contributed by atoms with van der Waals surface area (Å²) in [5.41, 5.74) is 7.42. The van der Waals surface area contributed by atoms with Crippen LogP contribution in [0.3, 0.4) is 0 Å². The number of esters is 1. The van der Waals surface area contributed by atoms with Crippen molar-refractivity contribution in [3.63, 3.8) is 0 Å². The minimum absolute atomic E-state index is 0.310. The number of hydrogen-bond donors (Lipinski definition) is 2. The van der Waals surface area contributed by atoms with Crippen molar-refractivity contribution in [1.29, 1.82) is 0 Å². The van der Waals surface area contributed by atoms with Crippen molar-refractivity contribution in [2.45, 2.75) is 27.7 Å². The molecule has 0 saturated carbocycles. The Labute approximate surface area is 159 Å². The van der Waals surface area contributed by atoms with Crippen LogP contribution < -0.4 is 10.7 Å². The maximum atomic E-state index is 11.8. The molecule has 7 heteroatoms. The normalized spacial score (nSPS) is 10.8. The molecule has 1 aromatic heterocycles. The number of benzene rings is 1. The number of rotatable bonds is 6. The molecule has 1 aromatic carbocycles. The van der Waals surface area contributed by atoms with Gasteiger partial charge in [0.2, 0.25) is 0 Å². The van der Waals surface area contributed by atoms with Crippen molar-refractivity contribution in [2.75, 3.05) is 13.2 Å². The SMILES string of the molecule is CCNC(=S)N/N=C/c1cc(C)n(-c2ccc(C(=O)OCC)cc2)c1C. The summed E-state index contributed by atoms with van der Waals surface area (Å²) in [6, 6.07) is 9.42. The number of hydrazone groups is 1. The Morgan fingerprint density at radius 2 is 1.96 bits per heavy atom. The van der Waals surface area contributed by atoms with Gasteiger partial charge in [0.15, 0.2) is 5.11 Å². The summed E-state index contributed by atoms with van der Waals surface area (Å²) >= 11 is 5.08. The van der Waals surface area contributed by atoms with Crippen LogP contribution in [0.25, 0.3) is 5.69 Å². The highest BCUT2D eigenvalue weighted by Gasteiger charge is 2.11. The molecule has 1 heterocycles. The summed E-state index contributed by atoms with van der Waals surface area (Å²) in [6.07, 6.45) is 1.75. The van der Waals surface area contributed by atoms with Crippen molar-refractivity contribution < 1.29 is 9.53 Å². The van der Waals surface area contributed by atoms with E-state index in [0.717, 1.165) is 29.2 Å². The summed E-state index contributed by atoms with van der Waals surface area (Å²) in [7, 11) is 0. The second kappa shape index (κ2) is 9.15. The minimum Gasteiger partial charge on any atom is -0.462 e. The van der Waals surface area contributed by atoms with Crippen molar-refractivity contribution in [2.24, 2.45) is 5.10 Å². The quantitative estimate of drug-likeness (QED) is 0.353. The van der Waals surface area contributed by atoms with Crippen LogP contribution in [-0.2, 0) is 4.74 Å². The van der Waals surface area contributed by atoms with Crippen molar-refractivity contribution in [3.8, 4) is 5.69 Å². The molecule has 0 fully saturated rings. The maximum absolute atomic E-state index is 11.8. The molecule has 0 aliphatic carbocycles. The molecule has 0 bridgehead atoms. The van der Waals surface area contributed by atoms with E-state index >= 15 is 0 Å². The zero-order valence-electron chi connectivity index (χ0n) is 15.5. The van der Waals surface area contributed by atoms with Gasteiger partial charge in [0.25, 0.3) is 0 Å². The van der Waals surface area contributed by atoms with Crippen LogP contribution in [0.15, 0.2) is 35.4 Å². The fourth-order valence-electron chi connectivity index (χ4n) is 2.64. The van der Waals surface area contributed by atoms with Crippen LogP contribution in [0.2, 0.25) is 0 Å². The van der Waals surface area contributed by atoms with Crippen LogP contribution in [0, 0.1) is 13.8 Å². The Kier molecular flexibility index (Phi) is 6.91. The molecule has 26 heavy (non-hydrogen) atoms. The average Bonchev–Trinajstić information content (AvgIpc) is 2.89. The predicted octanol–water partition coefficient (Wildman–Crippen LogP) is 3.09. The Morgan fingerprint density at radius 1 is 1.27 bits per heavy atom. The van der Waals surface area contributed by atoms with E-state index < -0.39 is 0 Å². The molecule has 0 saturated heterocycles. The zero-order chi connectivity index (χ0) is 19.1. The molecule has 0 unspecified atom stereocenters. The number of thiocarbonyl (C=S) groups is 1. The molecule has 138 valence electrons. The van der Waals surface area contributed by atoms with Gasteiger partial charge in [0.1, 0.15) is 0 Å². The number of carbonyl (C=O) groups is 1. The number of nitrogens with zero attached hydrogens (tertiary/aromatic N) is 2. The average molecular weight is 372 g/mol. The molecule has 0 aliphatic rings. The smallest absolute Gasteiger partial charge is 0.338 e. The van der Waals surface area contributed by atoms with Gasteiger partial charge in [-0.1, -0.05) is 0 Å². The first-order valence-corrected chi connectivity index (χ1v) is 8.92. The zero-order valence-corrected chi connectivity index (χ0v) is 16.3. The van der Waals surface area contributed by atoms with Gasteiger partial charge >= 0.3 is 5.97 Å². The minimum atomic E-state index is -0.310. The Balaban J connectivity index is 2.20. The highest BCUT2D eigenvalue weighted by atomic mass is 32.1. The van der Waals surface area contributed by atoms with E-state index in [1.807, 2.05) is 32.9 Å². The standard InChI is InChI=1S/C19H24N4O2S/c1-5-20-19(26)22-21-12-16-11-13(3)23(14(16)4)17-9-7-15(8-10-17)18(24)25-6-2/h7-12H,5-6H2,1-4H3,(H2,20,22,26)/b21-12+. The summed E-state index contributed by atoms with van der Waals surface area (Å²) in [6.45, 7) is 8.93. The van der Waals surface area contributed by atoms with Gasteiger partial charge in [-0.05, 0) is 70.2 Å². The fraction of sp³-hybridized carbons (Fsp3) is 0.316. The van der Waals surface area contributed by atoms with E-state index in [-0.39, 0.29) is 5.97 Å². The number of nitrogens with one attached hydrogen (secondary N) is 2. The van der Waals surface area contributed by atoms with E-state index in [4.69, 9.17) is 17.0 Å². The van der Waals surface area contributed by atoms with Gasteiger partial charge in [0.05, 0.1) is 18.4 Å². The Morgan fingerprint density at radius 3 is 2.58 bits per heavy atom. The lowest BCUT2D eigenvalue weighted by molar-refractivity contribution is 0.0526. The van der Waals surface area contributed by atoms with Gasteiger partial charge in [0, 0.05) is 29.2 Å². The summed E-state index contributed by atoms with van der Waals surface area (Å²) in [4.78, 5) is 11.8. The largest absolute Gasteiger partial charge is 0.462 e. The number of aryl methyl sites for hydroxylation is 1. The van der Waals surface area contributed by atoms with Crippen LogP contribution in [0.4, 0.5) is 0 Å². The first kappa shape index (κ1) is 19.7. The molecule has 2 rings (SSSR count). The fourth-order valence-corrected chi connectivity index (χ4v) is 2.83. The monoisotopic (exact) mass is 372 g/mol. The number of ether oxygens (including phenoxy) is 1. The second-order valence-corrected chi connectivity index (χ2v) is 6.07. The van der Waals surface area contributed by atoms with Gasteiger partial charge < -0.3 is 14.6 Å². The molecule has 0 spiro atoms. The third-order valence-electron chi connectivity index (χ3n) is 3.81. The molecule has 2 aromatic rings. The third kappa shape index (κ3) is 4.70. The van der Waals surface area contributed by atoms with Crippen LogP contribution in [0.1, 0.15) is 41.2 Å². The van der Waals surface area contributed by atoms with Crippen molar-refractivity contribution in [1.82, 2.24) is 15.3 Å². The topological polar surface area (TPSA) is 67.7 Å². The lowest BCUT2D eigenvalue weighted by Gasteiger charge is -2.10. The molecule has 0 atom stereocenters. The lowest BCUT2D eigenvalue weighted by Crippen LogP contribution is -2.31. The van der Waals surface area contributed by atoms with Crippen LogP contribution in [-0.4, -0.2) is 35.0 Å². The van der Waals surface area contributed by atoms with E-state index in [2.05, 4.69) is 26.5 Å². The number of hydrogen-bond acceptors (Lipinski definition) is 4. The van der Waals surface area contributed by atoms with Crippen molar-refractivity contribution >= 4 is 29.5 Å². The maximum Gasteiger partial charge on any atom is 0.338 e. The molecule has 2 N–H and O–H groups in total. The van der Waals surface area contributed by atoms with Crippen LogP contribution in [0.5, 0.6) is 0 Å². The lowest BCUT2D eigenvalue weighted by atomic mass is 10.2. The molecule has 0 radical (unpaired) electrons. The van der Waals surface area contributed by atoms with E-state index in [9.17, 15) is 4.79 Å². The predicted molar refractivity (Wildman–Crippen MR) is 108 cm³/mol. The highest BCUT2D eigenvalue weighted by molar-refractivity contribution is 7.80. The first-order valence-electron chi connectivity index (χ1n) is 8.51. The van der Waals surface area contributed by atoms with Crippen LogP contribution >= 0.6 is 12.2 Å². The molecule has 0 amide bonds. The summed E-state index contributed by atoms with van der Waals surface area (Å²) < 4.78 is 7.13. The Hall–Kier alpha value is -2.67. The first-order chi connectivity index (χ1) is 12.5. The molecular weight excluding hydrogens is 348 g/mol. The Bertz CT molecular complexity index is 810. The molecule has 6 nitrogen and oxygen atoms in total. The van der Waals surface area contributed by atoms with E-state index in [0.29, 0.717) is 17.3 Å². The van der Waals surface area contributed by atoms with Gasteiger partial charge in [-0.25, -0.2) is 4.79 Å². The van der Waals surface area contributed by atoms with E-state index in [1.165, 1.54) is 0 Å². The second-order valence-electron chi connectivity index (χ2n) is 5.66. The third-order valence-corrected chi connectivity index (χ3v) is 4.05. The van der Waals surface area contributed by atoms with Gasteiger partial charge in [-0.15, -0.1) is 0 Å². The van der Waals surface area contributed by atoms with E-state index in [1.54, 1.807) is 25.3 Å². The molecule has 0 aliphatic heterocycles. The summed E-state index contributed by atoms with van der Waals surface area (Å²) in [5.74, 6) is -0.310. The molecular formula is C19H24N4O2S. The highest BCUT2D eigenvalue weighted by Crippen LogP contribution is 2.20. The van der Waals surface area contributed by atoms with Gasteiger partial charge in [-0.3, -0.25) is 5.43 Å².